The van der Waals surface area contributed by atoms with E-state index in [1.54, 1.807) is 0 Å². The summed E-state index contributed by atoms with van der Waals surface area (Å²) in [7, 11) is 0. The third-order valence-electron chi connectivity index (χ3n) is 1.15. The quantitative estimate of drug-likeness (QED) is 0.602. The fourth-order valence-electron chi connectivity index (χ4n) is 0.618. The van der Waals surface area contributed by atoms with Crippen LogP contribution in [-0.4, -0.2) is 26.8 Å². The zero-order chi connectivity index (χ0) is 10.9. The number of H-pyrrole nitrogens is 1. The molecule has 6 nitrogen and oxygen atoms in total. The van der Waals surface area contributed by atoms with Crippen LogP contribution in [0.2, 0.25) is 0 Å². The predicted molar refractivity (Wildman–Crippen MR) is 35.8 cm³/mol. The summed E-state index contributed by atoms with van der Waals surface area (Å²) in [4.78, 5) is 33.0. The Morgan fingerprint density at radius 1 is 1.43 bits per heavy atom. The van der Waals surface area contributed by atoms with E-state index in [9.17, 15) is 27.6 Å². The van der Waals surface area contributed by atoms with E-state index in [1.807, 2.05) is 0 Å². The number of aromatic nitrogens is 3. The summed E-state index contributed by atoms with van der Waals surface area (Å²) in [5.74, 6) is -2.46. The summed E-state index contributed by atoms with van der Waals surface area (Å²) in [5, 5.41) is 2.74. The summed E-state index contributed by atoms with van der Waals surface area (Å²) < 4.78 is 34.9. The number of carbonyl (C=O) groups is 1. The maximum Gasteiger partial charge on any atom is 0.473 e. The third-order valence-corrected chi connectivity index (χ3v) is 1.15. The molecular formula is C5H2F3N3O3. The molecule has 0 aliphatic heterocycles. The van der Waals surface area contributed by atoms with Gasteiger partial charge < -0.3 is 0 Å². The molecular weight excluding hydrogens is 207 g/mol. The second-order valence-electron chi connectivity index (χ2n) is 2.15. The fraction of sp³-hybridized carbons (Fsp3) is 0.200. The summed E-state index contributed by atoms with van der Waals surface area (Å²) in [6.07, 6.45) is -4.82. The average Bonchev–Trinajstić information content (AvgIpc) is 2.01. The van der Waals surface area contributed by atoms with Gasteiger partial charge in [0.2, 0.25) is 0 Å². The van der Waals surface area contributed by atoms with E-state index in [2.05, 4.69) is 5.10 Å². The summed E-state index contributed by atoms with van der Waals surface area (Å²) in [5.41, 5.74) is -2.51. The van der Waals surface area contributed by atoms with Gasteiger partial charge >= 0.3 is 17.8 Å². The van der Waals surface area contributed by atoms with Crippen molar-refractivity contribution in [3.8, 4) is 0 Å². The molecule has 1 aromatic rings. The number of carbonyl (C=O) groups excluding carboxylic acids is 1. The van der Waals surface area contributed by atoms with Crippen molar-refractivity contribution < 1.29 is 18.0 Å². The number of halogens is 3. The zero-order valence-electron chi connectivity index (χ0n) is 6.33. The summed E-state index contributed by atoms with van der Waals surface area (Å²) in [6.45, 7) is 0. The average molecular weight is 209 g/mol. The first kappa shape index (κ1) is 10.2. The van der Waals surface area contributed by atoms with E-state index in [0.717, 1.165) is 0 Å². The maximum absolute atomic E-state index is 11.8. The minimum atomic E-state index is -5.21. The Morgan fingerprint density at radius 2 is 2.00 bits per heavy atom. The molecule has 1 heterocycles. The van der Waals surface area contributed by atoms with Crippen LogP contribution in [0.4, 0.5) is 13.2 Å². The molecule has 0 radical (unpaired) electrons. The van der Waals surface area contributed by atoms with Gasteiger partial charge in [-0.2, -0.15) is 18.3 Å². The van der Waals surface area contributed by atoms with E-state index >= 15 is 0 Å². The monoisotopic (exact) mass is 209 g/mol. The largest absolute Gasteiger partial charge is 0.473 e. The van der Waals surface area contributed by atoms with Gasteiger partial charge in [-0.25, -0.2) is 4.79 Å². The van der Waals surface area contributed by atoms with Gasteiger partial charge in [-0.05, 0) is 0 Å². The molecule has 0 fully saturated rings. The van der Waals surface area contributed by atoms with Gasteiger partial charge in [-0.1, -0.05) is 0 Å². The first-order valence-corrected chi connectivity index (χ1v) is 3.12. The molecule has 76 valence electrons. The topological polar surface area (TPSA) is 84.8 Å². The molecule has 0 amide bonds. The van der Waals surface area contributed by atoms with Crippen LogP contribution in [0.25, 0.3) is 0 Å². The lowest BCUT2D eigenvalue weighted by Gasteiger charge is -2.03. The van der Waals surface area contributed by atoms with Gasteiger partial charge in [0.15, 0.2) is 0 Å². The van der Waals surface area contributed by atoms with Crippen molar-refractivity contribution in [3.05, 3.63) is 27.0 Å². The van der Waals surface area contributed by atoms with Gasteiger partial charge in [0.05, 0.1) is 0 Å². The second-order valence-corrected chi connectivity index (χ2v) is 2.15. The molecule has 0 atom stereocenters. The minimum absolute atomic E-state index is 0.394. The highest BCUT2D eigenvalue weighted by Gasteiger charge is 2.41. The number of hydrogen-bond donors (Lipinski definition) is 1. The number of rotatable bonds is 0. The van der Waals surface area contributed by atoms with Crippen LogP contribution in [0.1, 0.15) is 4.79 Å². The Kier molecular flexibility index (Phi) is 2.24. The lowest BCUT2D eigenvalue weighted by atomic mass is 10.6. The number of hydrogen-bond acceptors (Lipinski definition) is 4. The van der Waals surface area contributed by atoms with Crippen molar-refractivity contribution in [3.63, 3.8) is 0 Å². The van der Waals surface area contributed by atoms with E-state index < -0.39 is 28.0 Å². The SMILES string of the molecule is O=C(n1ncc(=O)[nH]c1=O)C(F)(F)F. The molecule has 9 heteroatoms. The smallest absolute Gasteiger partial charge is 0.271 e. The second kappa shape index (κ2) is 3.09. The molecule has 0 spiro atoms. The number of nitrogens with zero attached hydrogens (tertiary/aromatic N) is 2. The highest BCUT2D eigenvalue weighted by Crippen LogP contribution is 2.15. The first-order valence-electron chi connectivity index (χ1n) is 3.12. The van der Waals surface area contributed by atoms with E-state index in [4.69, 9.17) is 0 Å². The van der Waals surface area contributed by atoms with Gasteiger partial charge in [-0.15, -0.1) is 4.68 Å². The lowest BCUT2D eigenvalue weighted by molar-refractivity contribution is -0.0960. The Labute approximate surface area is 73.0 Å². The van der Waals surface area contributed by atoms with Crippen LogP contribution in [0.5, 0.6) is 0 Å². The van der Waals surface area contributed by atoms with Crippen LogP contribution in [-0.2, 0) is 0 Å². The summed E-state index contributed by atoms with van der Waals surface area (Å²) >= 11 is 0. The highest BCUT2D eigenvalue weighted by molar-refractivity contribution is 5.83. The Morgan fingerprint density at radius 3 is 2.43 bits per heavy atom. The summed E-state index contributed by atoms with van der Waals surface area (Å²) in [6, 6.07) is 0. The Hall–Kier alpha value is -1.93. The molecule has 1 aromatic heterocycles. The van der Waals surface area contributed by atoms with Crippen LogP contribution >= 0.6 is 0 Å². The highest BCUT2D eigenvalue weighted by atomic mass is 19.4. The molecule has 1 N–H and O–H groups in total. The van der Waals surface area contributed by atoms with E-state index in [0.29, 0.717) is 6.20 Å². The molecule has 0 aliphatic carbocycles. The van der Waals surface area contributed by atoms with Crippen molar-refractivity contribution in [1.29, 1.82) is 0 Å². The lowest BCUT2D eigenvalue weighted by Crippen LogP contribution is -2.41. The van der Waals surface area contributed by atoms with Crippen molar-refractivity contribution in [2.75, 3.05) is 0 Å². The molecule has 0 aromatic carbocycles. The molecule has 0 saturated carbocycles. The number of alkyl halides is 3. The van der Waals surface area contributed by atoms with Crippen molar-refractivity contribution in [2.45, 2.75) is 6.18 Å². The third kappa shape index (κ3) is 1.87. The van der Waals surface area contributed by atoms with Crippen molar-refractivity contribution >= 4 is 5.91 Å². The molecule has 14 heavy (non-hydrogen) atoms. The van der Waals surface area contributed by atoms with Gasteiger partial charge in [0.25, 0.3) is 5.56 Å². The molecule has 0 saturated heterocycles. The molecule has 0 aliphatic rings. The van der Waals surface area contributed by atoms with Crippen LogP contribution in [0.3, 0.4) is 0 Å². The van der Waals surface area contributed by atoms with Crippen molar-refractivity contribution in [2.24, 2.45) is 0 Å². The molecule has 0 bridgehead atoms. The van der Waals surface area contributed by atoms with E-state index in [-0.39, 0.29) is 0 Å². The number of nitrogens with one attached hydrogen (secondary N) is 1. The van der Waals surface area contributed by atoms with Crippen LogP contribution in [0, 0.1) is 0 Å². The first-order chi connectivity index (χ1) is 6.32. The van der Waals surface area contributed by atoms with Crippen molar-refractivity contribution in [1.82, 2.24) is 14.8 Å². The molecule has 1 rings (SSSR count). The number of aromatic amines is 1. The van der Waals surface area contributed by atoms with Gasteiger partial charge in [-0.3, -0.25) is 14.6 Å². The van der Waals surface area contributed by atoms with Crippen LogP contribution < -0.4 is 11.2 Å². The van der Waals surface area contributed by atoms with Gasteiger partial charge in [0.1, 0.15) is 6.20 Å². The Balaban J connectivity index is 3.29. The van der Waals surface area contributed by atoms with Crippen LogP contribution in [0.15, 0.2) is 15.8 Å². The fourth-order valence-corrected chi connectivity index (χ4v) is 0.618. The maximum atomic E-state index is 11.8. The van der Waals surface area contributed by atoms with Gasteiger partial charge in [0, 0.05) is 0 Å². The predicted octanol–water partition coefficient (Wildman–Crippen LogP) is -0.866. The van der Waals surface area contributed by atoms with E-state index in [1.165, 1.54) is 4.98 Å². The minimum Gasteiger partial charge on any atom is -0.271 e. The normalized spacial score (nSPS) is 11.4. The zero-order valence-corrected chi connectivity index (χ0v) is 6.33. The Bertz CT molecular complexity index is 471. The molecule has 0 unspecified atom stereocenters. The standard InChI is InChI=1S/C5H2F3N3O3/c6-5(7,8)3(13)11-4(14)10-2(12)1-9-11/h1H,(H,10,12,14).